The molecule has 1 unspecified atom stereocenters. The Bertz CT molecular complexity index is 529. The van der Waals surface area contributed by atoms with Crippen LogP contribution in [0, 0.1) is 27.7 Å². The normalized spacial score (nSPS) is 22.0. The molecule has 0 aromatic heterocycles. The van der Waals surface area contributed by atoms with Gasteiger partial charge in [0.1, 0.15) is 5.75 Å². The van der Waals surface area contributed by atoms with Gasteiger partial charge in [0.25, 0.3) is 0 Å². The summed E-state index contributed by atoms with van der Waals surface area (Å²) in [7, 11) is 0. The van der Waals surface area contributed by atoms with Gasteiger partial charge in [-0.25, -0.2) is 0 Å². The van der Waals surface area contributed by atoms with Crippen molar-refractivity contribution in [3.63, 3.8) is 0 Å². The fraction of sp³-hybridized carbons (Fsp3) is 0.562. The number of benzene rings is 1. The van der Waals surface area contributed by atoms with Gasteiger partial charge in [-0.2, -0.15) is 0 Å². The van der Waals surface area contributed by atoms with Gasteiger partial charge in [-0.3, -0.25) is 4.79 Å². The zero-order chi connectivity index (χ0) is 13.7. The maximum atomic E-state index is 12.2. The van der Waals surface area contributed by atoms with Gasteiger partial charge in [-0.15, -0.1) is 0 Å². The average Bonchev–Trinajstić information content (AvgIpc) is 2.58. The maximum absolute atomic E-state index is 12.2. The molecule has 1 atom stereocenters. The molecule has 18 heavy (non-hydrogen) atoms. The molecule has 0 N–H and O–H groups in total. The van der Waals surface area contributed by atoms with Crippen LogP contribution in [0.3, 0.4) is 0 Å². The van der Waals surface area contributed by atoms with Crippen LogP contribution in [0.1, 0.15) is 54.5 Å². The van der Waals surface area contributed by atoms with Crippen molar-refractivity contribution in [3.8, 4) is 5.75 Å². The van der Waals surface area contributed by atoms with Gasteiger partial charge in [-0.1, -0.05) is 13.3 Å². The first kappa shape index (κ1) is 13.1. The standard InChI is InChI=1S/C16H22O2/c1-7-8-16(6)13-11(4)9(2)10(3)12(5)14(13)18-15(16)17/h7-8H2,1-6H3. The molecule has 0 bridgehead atoms. The van der Waals surface area contributed by atoms with Crippen LogP contribution < -0.4 is 4.74 Å². The van der Waals surface area contributed by atoms with Crippen molar-refractivity contribution in [1.82, 2.24) is 0 Å². The molecule has 0 radical (unpaired) electrons. The molecule has 2 nitrogen and oxygen atoms in total. The minimum Gasteiger partial charge on any atom is -0.425 e. The summed E-state index contributed by atoms with van der Waals surface area (Å²) in [4.78, 5) is 12.2. The zero-order valence-corrected chi connectivity index (χ0v) is 12.2. The molecule has 0 fully saturated rings. The number of ether oxygens (including phenoxy) is 1. The Morgan fingerprint density at radius 3 is 2.11 bits per heavy atom. The zero-order valence-electron chi connectivity index (χ0n) is 12.2. The van der Waals surface area contributed by atoms with Gasteiger partial charge < -0.3 is 4.74 Å². The van der Waals surface area contributed by atoms with Crippen LogP contribution >= 0.6 is 0 Å². The lowest BCUT2D eigenvalue weighted by Gasteiger charge is -2.23. The van der Waals surface area contributed by atoms with Gasteiger partial charge >= 0.3 is 5.97 Å². The molecule has 0 amide bonds. The summed E-state index contributed by atoms with van der Waals surface area (Å²) in [5.74, 6) is 0.729. The molecule has 1 aliphatic rings. The van der Waals surface area contributed by atoms with Crippen molar-refractivity contribution in [3.05, 3.63) is 27.8 Å². The van der Waals surface area contributed by atoms with Crippen LogP contribution in [0.4, 0.5) is 0 Å². The van der Waals surface area contributed by atoms with Crippen molar-refractivity contribution < 1.29 is 9.53 Å². The first-order chi connectivity index (χ1) is 8.34. The monoisotopic (exact) mass is 246 g/mol. The van der Waals surface area contributed by atoms with Crippen LogP contribution in [0.2, 0.25) is 0 Å². The highest BCUT2D eigenvalue weighted by atomic mass is 16.5. The number of rotatable bonds is 2. The lowest BCUT2D eigenvalue weighted by atomic mass is 9.75. The fourth-order valence-electron chi connectivity index (χ4n) is 3.10. The molecular formula is C16H22O2. The number of esters is 1. The maximum Gasteiger partial charge on any atom is 0.321 e. The number of fused-ring (bicyclic) bond motifs is 1. The predicted molar refractivity (Wildman–Crippen MR) is 73.3 cm³/mol. The van der Waals surface area contributed by atoms with E-state index in [1.807, 2.05) is 13.8 Å². The highest BCUT2D eigenvalue weighted by molar-refractivity contribution is 5.92. The largest absolute Gasteiger partial charge is 0.425 e. The van der Waals surface area contributed by atoms with E-state index in [2.05, 4.69) is 27.7 Å². The topological polar surface area (TPSA) is 26.3 Å². The third kappa shape index (κ3) is 1.51. The Hall–Kier alpha value is -1.31. The van der Waals surface area contributed by atoms with E-state index in [9.17, 15) is 4.79 Å². The second-order valence-electron chi connectivity index (χ2n) is 5.68. The minimum absolute atomic E-state index is 0.0875. The first-order valence-electron chi connectivity index (χ1n) is 6.67. The Morgan fingerprint density at radius 1 is 1.00 bits per heavy atom. The SMILES string of the molecule is CCCC1(C)C(=O)Oc2c(C)c(C)c(C)c(C)c21. The third-order valence-electron chi connectivity index (χ3n) is 4.58. The second kappa shape index (κ2) is 4.11. The van der Waals surface area contributed by atoms with E-state index in [0.717, 1.165) is 29.7 Å². The van der Waals surface area contributed by atoms with Crippen LogP contribution in [-0.4, -0.2) is 5.97 Å². The van der Waals surface area contributed by atoms with Gasteiger partial charge in [-0.05, 0) is 63.3 Å². The quantitative estimate of drug-likeness (QED) is 0.584. The molecule has 98 valence electrons. The summed E-state index contributed by atoms with van der Waals surface area (Å²) in [6.45, 7) is 12.5. The van der Waals surface area contributed by atoms with E-state index in [1.165, 1.54) is 16.7 Å². The number of hydrogen-bond acceptors (Lipinski definition) is 2. The molecular weight excluding hydrogens is 224 g/mol. The Labute approximate surface area is 109 Å². The molecule has 1 heterocycles. The van der Waals surface area contributed by atoms with E-state index < -0.39 is 5.41 Å². The lowest BCUT2D eigenvalue weighted by molar-refractivity contribution is -0.138. The Morgan fingerprint density at radius 2 is 1.56 bits per heavy atom. The highest BCUT2D eigenvalue weighted by Crippen LogP contribution is 2.48. The second-order valence-corrected chi connectivity index (χ2v) is 5.68. The molecule has 1 aliphatic heterocycles. The molecule has 2 rings (SSSR count). The number of carbonyl (C=O) groups is 1. The third-order valence-corrected chi connectivity index (χ3v) is 4.58. The molecule has 0 spiro atoms. The van der Waals surface area contributed by atoms with E-state index >= 15 is 0 Å². The van der Waals surface area contributed by atoms with Crippen molar-refractivity contribution in [2.75, 3.05) is 0 Å². The van der Waals surface area contributed by atoms with Crippen molar-refractivity contribution in [1.29, 1.82) is 0 Å². The van der Waals surface area contributed by atoms with E-state index in [1.54, 1.807) is 0 Å². The van der Waals surface area contributed by atoms with Crippen molar-refractivity contribution >= 4 is 5.97 Å². The molecule has 1 aromatic carbocycles. The van der Waals surface area contributed by atoms with Gasteiger partial charge in [0.15, 0.2) is 0 Å². The summed E-state index contributed by atoms with van der Waals surface area (Å²) in [6, 6.07) is 0. The highest BCUT2D eigenvalue weighted by Gasteiger charge is 2.46. The van der Waals surface area contributed by atoms with E-state index in [0.29, 0.717) is 0 Å². The smallest absolute Gasteiger partial charge is 0.321 e. The average molecular weight is 246 g/mol. The van der Waals surface area contributed by atoms with Crippen LogP contribution in [0.25, 0.3) is 0 Å². The van der Waals surface area contributed by atoms with Crippen LogP contribution in [0.5, 0.6) is 5.75 Å². The Kier molecular flexibility index (Phi) is 3.00. The molecule has 0 saturated carbocycles. The lowest BCUT2D eigenvalue weighted by Crippen LogP contribution is -2.30. The number of carbonyl (C=O) groups excluding carboxylic acids is 1. The summed E-state index contributed by atoms with van der Waals surface area (Å²) in [5, 5.41) is 0. The predicted octanol–water partition coefficient (Wildman–Crippen LogP) is 3.90. The Balaban J connectivity index is 2.77. The van der Waals surface area contributed by atoms with Crippen molar-refractivity contribution in [2.24, 2.45) is 0 Å². The summed E-state index contributed by atoms with van der Waals surface area (Å²) in [6.07, 6.45) is 1.83. The van der Waals surface area contributed by atoms with E-state index in [4.69, 9.17) is 4.74 Å². The number of hydrogen-bond donors (Lipinski definition) is 0. The molecule has 0 saturated heterocycles. The first-order valence-corrected chi connectivity index (χ1v) is 6.67. The molecule has 1 aromatic rings. The van der Waals surface area contributed by atoms with E-state index in [-0.39, 0.29) is 5.97 Å². The molecule has 0 aliphatic carbocycles. The summed E-state index contributed by atoms with van der Waals surface area (Å²) < 4.78 is 5.58. The van der Waals surface area contributed by atoms with Crippen LogP contribution in [-0.2, 0) is 10.2 Å². The van der Waals surface area contributed by atoms with Gasteiger partial charge in [0.2, 0.25) is 0 Å². The van der Waals surface area contributed by atoms with Crippen molar-refractivity contribution in [2.45, 2.75) is 59.8 Å². The van der Waals surface area contributed by atoms with Gasteiger partial charge in [0, 0.05) is 5.56 Å². The summed E-state index contributed by atoms with van der Waals surface area (Å²) >= 11 is 0. The minimum atomic E-state index is -0.461. The molecule has 2 heteroatoms. The fourth-order valence-corrected chi connectivity index (χ4v) is 3.10. The summed E-state index contributed by atoms with van der Waals surface area (Å²) in [5.41, 5.74) is 5.51. The van der Waals surface area contributed by atoms with Crippen LogP contribution in [0.15, 0.2) is 0 Å². The van der Waals surface area contributed by atoms with Gasteiger partial charge in [0.05, 0.1) is 5.41 Å².